The number of fused-ring (bicyclic) bond motifs is 3. The normalized spacial score (nSPS) is 14.9. The summed E-state index contributed by atoms with van der Waals surface area (Å²) in [6.07, 6.45) is 8.23. The van der Waals surface area contributed by atoms with Crippen molar-refractivity contribution in [1.82, 2.24) is 14.1 Å². The van der Waals surface area contributed by atoms with Gasteiger partial charge < -0.3 is 13.9 Å². The van der Waals surface area contributed by atoms with E-state index in [-0.39, 0.29) is 54.9 Å². The Morgan fingerprint density at radius 2 is 1.38 bits per heavy atom. The first-order chi connectivity index (χ1) is 34.0. The van der Waals surface area contributed by atoms with Gasteiger partial charge in [-0.2, -0.15) is 18.2 Å². The van der Waals surface area contributed by atoms with E-state index in [0.29, 0.717) is 28.5 Å². The summed E-state index contributed by atoms with van der Waals surface area (Å²) in [6, 6.07) is 35.7. The zero-order chi connectivity index (χ0) is 50.2. The van der Waals surface area contributed by atoms with Crippen LogP contribution in [-0.2, 0) is 21.1 Å². The van der Waals surface area contributed by atoms with Crippen LogP contribution in [0.2, 0.25) is 0 Å². The summed E-state index contributed by atoms with van der Waals surface area (Å²) >= 11 is 0. The number of ether oxygens (including phenoxy) is 1. The molecule has 0 spiro atoms. The monoisotopic (exact) mass is 980 g/mol. The summed E-state index contributed by atoms with van der Waals surface area (Å²) < 4.78 is 107. The number of pyridine rings is 1. The summed E-state index contributed by atoms with van der Waals surface area (Å²) in [5.41, 5.74) is 5.20. The molecule has 3 aromatic heterocycles. The summed E-state index contributed by atoms with van der Waals surface area (Å²) in [5, 5.41) is 1.91. The van der Waals surface area contributed by atoms with Crippen LogP contribution in [0.15, 0.2) is 188 Å². The molecular formula is C55H42N4OPt-2. The van der Waals surface area contributed by atoms with Crippen LogP contribution < -0.4 is 9.30 Å². The van der Waals surface area contributed by atoms with Gasteiger partial charge >= 0.3 is 0 Å². The molecule has 0 aliphatic carbocycles. The Labute approximate surface area is 386 Å². The number of nitrogens with zero attached hydrogens (tertiary/aromatic N) is 4. The van der Waals surface area contributed by atoms with Gasteiger partial charge in [0.05, 0.1) is 19.4 Å². The number of para-hydroxylation sites is 1. The predicted molar refractivity (Wildman–Crippen MR) is 242 cm³/mol. The van der Waals surface area contributed by atoms with Gasteiger partial charge in [0.2, 0.25) is 0 Å². The van der Waals surface area contributed by atoms with Crippen LogP contribution in [0.1, 0.15) is 47.3 Å². The maximum Gasteiger partial charge on any atom is 0.267 e. The third-order valence-electron chi connectivity index (χ3n) is 10.7. The first-order valence-electron chi connectivity index (χ1n) is 25.0. The first kappa shape index (κ1) is 28.6. The van der Waals surface area contributed by atoms with Gasteiger partial charge in [-0.05, 0) is 80.0 Å². The van der Waals surface area contributed by atoms with E-state index in [0.717, 1.165) is 33.0 Å². The molecule has 5 nitrogen and oxygen atoms in total. The zero-order valence-electron chi connectivity index (χ0n) is 44.2. The van der Waals surface area contributed by atoms with E-state index in [1.165, 1.54) is 4.57 Å². The van der Waals surface area contributed by atoms with Crippen LogP contribution in [-0.4, -0.2) is 14.1 Å². The minimum absolute atomic E-state index is 0. The fourth-order valence-electron chi connectivity index (χ4n) is 7.46. The molecular weight excluding hydrogens is 928 g/mol. The van der Waals surface area contributed by atoms with Crippen LogP contribution >= 0.6 is 0 Å². The molecule has 6 heteroatoms. The van der Waals surface area contributed by atoms with Crippen molar-refractivity contribution in [1.29, 1.82) is 0 Å². The van der Waals surface area contributed by atoms with Crippen LogP contribution in [0.5, 0.6) is 11.5 Å². The number of benzene rings is 7. The summed E-state index contributed by atoms with van der Waals surface area (Å²) in [5.74, 6) is 0.535. The number of hydrogen-bond acceptors (Lipinski definition) is 2. The van der Waals surface area contributed by atoms with Crippen molar-refractivity contribution in [3.63, 3.8) is 0 Å². The standard InChI is InChI=1S/C55H42N4O.Pt/c1-38(2)39(3)43-29-30-56-54(34-43)59-52-28-25-44(40-15-7-4-8-16-40)33-51(52)50-27-26-47(36-53(50)59)60-46-22-13-21-45(35-46)57-31-32-58(37-57)55-48(41-17-9-5-10-18-41)23-14-24-49(55)42-19-11-6-12-20-42;/h4-34,38-39H,1-3H3;/q-2;/i5D,6D,9D,10D,11D,12D,17D,18D,19D,20D,39D;. The summed E-state index contributed by atoms with van der Waals surface area (Å²) in [6.45, 7) is 5.98. The maximum absolute atomic E-state index is 9.20. The smallest absolute Gasteiger partial charge is 0.267 e. The average molecular weight is 981 g/mol. The van der Waals surface area contributed by atoms with Gasteiger partial charge in [-0.25, -0.2) is 4.98 Å². The Hall–Kier alpha value is -6.81. The molecule has 0 aliphatic heterocycles. The summed E-state index contributed by atoms with van der Waals surface area (Å²) in [4.78, 5) is 4.82. The molecule has 1 unspecified atom stereocenters. The van der Waals surface area contributed by atoms with Gasteiger partial charge in [0.25, 0.3) is 6.33 Å². The van der Waals surface area contributed by atoms with E-state index in [1.54, 1.807) is 59.6 Å². The average Bonchev–Trinajstić information content (AvgIpc) is 4.00. The van der Waals surface area contributed by atoms with Crippen LogP contribution in [0, 0.1) is 24.4 Å². The van der Waals surface area contributed by atoms with Crippen molar-refractivity contribution in [3.8, 4) is 62.1 Å². The molecule has 10 aromatic rings. The Morgan fingerprint density at radius 3 is 2.10 bits per heavy atom. The topological polar surface area (TPSA) is 35.9 Å². The fourth-order valence-corrected chi connectivity index (χ4v) is 7.46. The van der Waals surface area contributed by atoms with Crippen molar-refractivity contribution in [2.75, 3.05) is 0 Å². The van der Waals surface area contributed by atoms with Crippen molar-refractivity contribution in [2.45, 2.75) is 26.7 Å². The second-order valence-corrected chi connectivity index (χ2v) is 14.6. The van der Waals surface area contributed by atoms with Gasteiger partial charge in [0.15, 0.2) is 0 Å². The van der Waals surface area contributed by atoms with E-state index < -0.39 is 66.3 Å². The van der Waals surface area contributed by atoms with E-state index >= 15 is 0 Å². The molecule has 61 heavy (non-hydrogen) atoms. The minimum atomic E-state index is -0.869. The molecule has 10 rings (SSSR count). The number of rotatable bonds is 10. The predicted octanol–water partition coefficient (Wildman–Crippen LogP) is 13.2. The van der Waals surface area contributed by atoms with E-state index in [4.69, 9.17) is 23.4 Å². The molecule has 0 amide bonds. The van der Waals surface area contributed by atoms with Crippen molar-refractivity contribution >= 4 is 21.8 Å². The van der Waals surface area contributed by atoms with Crippen molar-refractivity contribution < 1.29 is 45.4 Å². The van der Waals surface area contributed by atoms with Gasteiger partial charge in [-0.15, -0.1) is 29.7 Å². The van der Waals surface area contributed by atoms with Crippen LogP contribution in [0.4, 0.5) is 0 Å². The largest absolute Gasteiger partial charge is 0.510 e. The number of hydrogen-bond donors (Lipinski definition) is 0. The van der Waals surface area contributed by atoms with Gasteiger partial charge in [-0.1, -0.05) is 147 Å². The van der Waals surface area contributed by atoms with Crippen molar-refractivity contribution in [2.24, 2.45) is 5.92 Å². The molecule has 0 N–H and O–H groups in total. The third-order valence-corrected chi connectivity index (χ3v) is 10.7. The third kappa shape index (κ3) is 7.74. The quantitative estimate of drug-likeness (QED) is 0.101. The molecule has 3 heterocycles. The van der Waals surface area contributed by atoms with Crippen LogP contribution in [0.3, 0.4) is 0 Å². The fraction of sp³-hybridized carbons (Fsp3) is 0.0909. The number of aromatic nitrogens is 4. The molecule has 0 saturated carbocycles. The molecule has 0 radical (unpaired) electrons. The SMILES string of the molecule is [2H]c1c([2H])c([2H])c(-c2cccc(-c3c([2H])c([2H])c([2H])c([2H])c3[2H])c2-[n+]2[c-]n(-c3[c-]c(Oc4[c-]c5c(cc4)c4cc(-c6ccccc6)ccc4n5-c4cc(C([2H])(C)C(C)C)ccn4)ccc3)cc2)c([2H])c1[2H].[Pt]. The molecule has 0 bridgehead atoms. The van der Waals surface area contributed by atoms with Gasteiger partial charge in [0, 0.05) is 58.0 Å². The molecule has 0 saturated heterocycles. The molecule has 300 valence electrons. The van der Waals surface area contributed by atoms with E-state index in [2.05, 4.69) is 48.8 Å². The van der Waals surface area contributed by atoms with E-state index in [9.17, 15) is 1.37 Å². The minimum Gasteiger partial charge on any atom is -0.510 e. The van der Waals surface area contributed by atoms with Gasteiger partial charge in [-0.3, -0.25) is 4.57 Å². The Balaban J connectivity index is 0.00000640. The summed E-state index contributed by atoms with van der Waals surface area (Å²) in [7, 11) is 0. The zero-order valence-corrected chi connectivity index (χ0v) is 35.5. The second kappa shape index (κ2) is 17.0. The Bertz CT molecular complexity index is 3630. The second-order valence-electron chi connectivity index (χ2n) is 14.6. The molecule has 0 fully saturated rings. The molecule has 1 atom stereocenters. The Morgan fingerprint density at radius 1 is 0.672 bits per heavy atom. The first-order valence-corrected chi connectivity index (χ1v) is 19.5. The molecule has 0 aliphatic rings. The molecule has 7 aromatic carbocycles. The van der Waals surface area contributed by atoms with Gasteiger partial charge in [0.1, 0.15) is 5.82 Å². The van der Waals surface area contributed by atoms with Crippen LogP contribution in [0.25, 0.3) is 72.4 Å². The maximum atomic E-state index is 9.20. The van der Waals surface area contributed by atoms with E-state index in [1.807, 2.05) is 67.8 Å². The number of imidazole rings is 1. The Kier molecular flexibility index (Phi) is 8.00. The van der Waals surface area contributed by atoms with Crippen molar-refractivity contribution in [3.05, 3.63) is 212 Å².